The molecule has 2 aromatic rings. The number of benzene rings is 1. The molecule has 1 N–H and O–H groups in total. The quantitative estimate of drug-likeness (QED) is 0.917. The van der Waals surface area contributed by atoms with E-state index in [0.717, 1.165) is 12.1 Å². The van der Waals surface area contributed by atoms with Gasteiger partial charge in [-0.25, -0.2) is 13.4 Å². The smallest absolute Gasteiger partial charge is 0.342 e. The first kappa shape index (κ1) is 12.9. The van der Waals surface area contributed by atoms with Gasteiger partial charge >= 0.3 is 5.51 Å². The van der Waals surface area contributed by atoms with Crippen LogP contribution >= 0.6 is 0 Å². The van der Waals surface area contributed by atoms with Gasteiger partial charge in [0.1, 0.15) is 5.82 Å². The summed E-state index contributed by atoms with van der Waals surface area (Å²) in [5.74, 6) is 0.589. The lowest BCUT2D eigenvalue weighted by Crippen LogP contribution is -2.23. The fourth-order valence-corrected chi connectivity index (χ4v) is 2.30. The van der Waals surface area contributed by atoms with Gasteiger partial charge in [-0.15, -0.1) is 0 Å². The number of nitrogens with zero attached hydrogens (tertiary/aromatic N) is 1. The predicted octanol–water partition coefficient (Wildman–Crippen LogP) is 2.42. The zero-order valence-corrected chi connectivity index (χ0v) is 10.1. The summed E-state index contributed by atoms with van der Waals surface area (Å²) in [7, 11) is -5.31. The minimum Gasteiger partial charge on any atom is -0.342 e. The van der Waals surface area contributed by atoms with Gasteiger partial charge in [-0.05, 0) is 18.2 Å². The van der Waals surface area contributed by atoms with Crippen LogP contribution in [0.4, 0.5) is 13.2 Å². The zero-order valence-electron chi connectivity index (χ0n) is 9.25. The van der Waals surface area contributed by atoms with E-state index < -0.39 is 20.2 Å². The van der Waals surface area contributed by atoms with E-state index in [1.165, 1.54) is 6.07 Å². The van der Waals surface area contributed by atoms with Gasteiger partial charge in [0.2, 0.25) is 0 Å². The second-order valence-electron chi connectivity index (χ2n) is 3.67. The van der Waals surface area contributed by atoms with E-state index in [4.69, 9.17) is 0 Å². The Morgan fingerprint density at radius 2 is 2.00 bits per heavy atom. The van der Waals surface area contributed by atoms with Crippen LogP contribution in [0, 0.1) is 0 Å². The van der Waals surface area contributed by atoms with E-state index in [9.17, 15) is 21.6 Å². The van der Waals surface area contributed by atoms with Gasteiger partial charge in [0.15, 0.2) is 0 Å². The second kappa shape index (κ2) is 3.98. The number of aryl methyl sites for hydroxylation is 1. The molecule has 0 saturated carbocycles. The molecule has 0 aliphatic heterocycles. The van der Waals surface area contributed by atoms with Crippen molar-refractivity contribution in [2.75, 3.05) is 0 Å². The van der Waals surface area contributed by atoms with Crippen molar-refractivity contribution in [3.05, 3.63) is 24.0 Å². The lowest BCUT2D eigenvalue weighted by Gasteiger charge is -2.07. The van der Waals surface area contributed by atoms with Crippen molar-refractivity contribution in [3.63, 3.8) is 0 Å². The summed E-state index contributed by atoms with van der Waals surface area (Å²) in [5, 5.41) is 0. The van der Waals surface area contributed by atoms with E-state index in [2.05, 4.69) is 9.97 Å². The van der Waals surface area contributed by atoms with Crippen molar-refractivity contribution in [3.8, 4) is 0 Å². The summed E-state index contributed by atoms with van der Waals surface area (Å²) in [5.41, 5.74) is -4.58. The maximum Gasteiger partial charge on any atom is 0.501 e. The van der Waals surface area contributed by atoms with Crippen LogP contribution in [0.15, 0.2) is 23.1 Å². The molecule has 0 aliphatic carbocycles. The second-order valence-corrected chi connectivity index (χ2v) is 5.61. The van der Waals surface area contributed by atoms with E-state index in [1.807, 2.05) is 6.92 Å². The van der Waals surface area contributed by atoms with Crippen LogP contribution in [0.5, 0.6) is 0 Å². The van der Waals surface area contributed by atoms with Crippen molar-refractivity contribution >= 4 is 20.9 Å². The van der Waals surface area contributed by atoms with Crippen molar-refractivity contribution in [2.24, 2.45) is 0 Å². The monoisotopic (exact) mass is 278 g/mol. The molecule has 1 heterocycles. The SMILES string of the molecule is CCc1nc2ccc(S(=O)(=O)C(F)(F)F)cc2[nH]1. The molecule has 18 heavy (non-hydrogen) atoms. The van der Waals surface area contributed by atoms with Crippen LogP contribution in [-0.2, 0) is 16.3 Å². The van der Waals surface area contributed by atoms with Crippen LogP contribution in [0.2, 0.25) is 0 Å². The Labute approximate surface area is 101 Å². The van der Waals surface area contributed by atoms with Crippen molar-refractivity contribution < 1.29 is 21.6 Å². The molecule has 0 unspecified atom stereocenters. The molecule has 0 atom stereocenters. The number of rotatable bonds is 2. The molecule has 98 valence electrons. The summed E-state index contributed by atoms with van der Waals surface area (Å²) < 4.78 is 59.6. The normalized spacial score (nSPS) is 13.1. The summed E-state index contributed by atoms with van der Waals surface area (Å²) >= 11 is 0. The van der Waals surface area contributed by atoms with Gasteiger partial charge in [0.05, 0.1) is 15.9 Å². The number of aromatic amines is 1. The van der Waals surface area contributed by atoms with Crippen LogP contribution in [-0.4, -0.2) is 23.9 Å². The van der Waals surface area contributed by atoms with E-state index in [1.54, 1.807) is 0 Å². The first-order valence-corrected chi connectivity index (χ1v) is 6.54. The summed E-state index contributed by atoms with van der Waals surface area (Å²) in [6, 6.07) is 3.11. The van der Waals surface area contributed by atoms with Crippen molar-refractivity contribution in [2.45, 2.75) is 23.7 Å². The number of halogens is 3. The maximum atomic E-state index is 12.4. The molecule has 2 rings (SSSR count). The van der Waals surface area contributed by atoms with E-state index >= 15 is 0 Å². The molecule has 8 heteroatoms. The maximum absolute atomic E-state index is 12.4. The molecule has 0 spiro atoms. The third-order valence-corrected chi connectivity index (χ3v) is 3.94. The van der Waals surface area contributed by atoms with E-state index in [0.29, 0.717) is 17.8 Å². The number of hydrogen-bond acceptors (Lipinski definition) is 3. The third kappa shape index (κ3) is 1.96. The van der Waals surface area contributed by atoms with E-state index in [-0.39, 0.29) is 5.52 Å². The predicted molar refractivity (Wildman–Crippen MR) is 58.7 cm³/mol. The zero-order chi connectivity index (χ0) is 13.6. The molecule has 0 saturated heterocycles. The highest BCUT2D eigenvalue weighted by Gasteiger charge is 2.46. The van der Waals surface area contributed by atoms with Crippen LogP contribution in [0.1, 0.15) is 12.7 Å². The molecule has 0 fully saturated rings. The minimum atomic E-state index is -5.31. The number of nitrogens with one attached hydrogen (secondary N) is 1. The molecular weight excluding hydrogens is 269 g/mol. The summed E-state index contributed by atoms with van der Waals surface area (Å²) in [6.07, 6.45) is 0.579. The average Bonchev–Trinajstić information content (AvgIpc) is 2.68. The third-order valence-electron chi connectivity index (χ3n) is 2.45. The van der Waals surface area contributed by atoms with Gasteiger partial charge in [0.25, 0.3) is 9.84 Å². The summed E-state index contributed by atoms with van der Waals surface area (Å²) in [4.78, 5) is 6.07. The molecule has 0 aliphatic rings. The molecular formula is C10H9F3N2O2S. The standard InChI is InChI=1S/C10H9F3N2O2S/c1-2-9-14-7-4-3-6(5-8(7)15-9)18(16,17)10(11,12)13/h3-5H,2H2,1H3,(H,14,15). The summed E-state index contributed by atoms with van der Waals surface area (Å²) in [6.45, 7) is 1.82. The van der Waals surface area contributed by atoms with Crippen LogP contribution < -0.4 is 0 Å². The topological polar surface area (TPSA) is 62.8 Å². The lowest BCUT2D eigenvalue weighted by atomic mass is 10.3. The minimum absolute atomic E-state index is 0.275. The molecule has 1 aromatic carbocycles. The first-order chi connectivity index (χ1) is 8.25. The van der Waals surface area contributed by atoms with Gasteiger partial charge < -0.3 is 4.98 Å². The van der Waals surface area contributed by atoms with Crippen molar-refractivity contribution in [1.82, 2.24) is 9.97 Å². The fourth-order valence-electron chi connectivity index (χ4n) is 1.51. The Bertz CT molecular complexity index is 689. The highest BCUT2D eigenvalue weighted by molar-refractivity contribution is 7.92. The fraction of sp³-hybridized carbons (Fsp3) is 0.300. The number of hydrogen-bond donors (Lipinski definition) is 1. The van der Waals surface area contributed by atoms with Gasteiger partial charge in [0, 0.05) is 6.42 Å². The number of sulfone groups is 1. The number of fused-ring (bicyclic) bond motifs is 1. The molecule has 0 bridgehead atoms. The number of H-pyrrole nitrogens is 1. The van der Waals surface area contributed by atoms with Gasteiger partial charge in [-0.1, -0.05) is 6.92 Å². The highest BCUT2D eigenvalue weighted by Crippen LogP contribution is 2.31. The lowest BCUT2D eigenvalue weighted by molar-refractivity contribution is -0.0435. The van der Waals surface area contributed by atoms with Crippen LogP contribution in [0.25, 0.3) is 11.0 Å². The highest BCUT2D eigenvalue weighted by atomic mass is 32.2. The number of aromatic nitrogens is 2. The Morgan fingerprint density at radius 1 is 1.33 bits per heavy atom. The first-order valence-electron chi connectivity index (χ1n) is 5.05. The Kier molecular flexibility index (Phi) is 2.84. The van der Waals surface area contributed by atoms with Gasteiger partial charge in [-0.3, -0.25) is 0 Å². The molecule has 4 nitrogen and oxygen atoms in total. The Balaban J connectivity index is 2.61. The Hall–Kier alpha value is -1.57. The molecule has 0 radical (unpaired) electrons. The number of alkyl halides is 3. The Morgan fingerprint density at radius 3 is 2.56 bits per heavy atom. The van der Waals surface area contributed by atoms with Gasteiger partial charge in [-0.2, -0.15) is 13.2 Å². The number of imidazole rings is 1. The molecule has 1 aromatic heterocycles. The van der Waals surface area contributed by atoms with Crippen LogP contribution in [0.3, 0.4) is 0 Å². The van der Waals surface area contributed by atoms with Crippen molar-refractivity contribution in [1.29, 1.82) is 0 Å². The largest absolute Gasteiger partial charge is 0.501 e. The average molecular weight is 278 g/mol. The molecule has 0 amide bonds.